The molecular weight excluding hydrogens is 547 g/mol. The molecule has 0 atom stereocenters. The van der Waals surface area contributed by atoms with Gasteiger partial charge in [-0.15, -0.1) is 10.2 Å². The number of halogens is 2. The first kappa shape index (κ1) is 22.2. The first-order valence-electron chi connectivity index (χ1n) is 9.67. The van der Waals surface area contributed by atoms with Gasteiger partial charge in [0.05, 0.1) is 5.75 Å². The predicted octanol–water partition coefficient (Wildman–Crippen LogP) is 6.32. The van der Waals surface area contributed by atoms with Crippen LogP contribution in [-0.4, -0.2) is 26.4 Å². The summed E-state index contributed by atoms with van der Waals surface area (Å²) < 4.78 is 9.03. The van der Waals surface area contributed by atoms with Gasteiger partial charge in [0.1, 0.15) is 5.58 Å². The Morgan fingerprint density at radius 3 is 2.65 bits per heavy atom. The first-order chi connectivity index (χ1) is 14.9. The largest absolute Gasteiger partial charge is 0.453 e. The highest BCUT2D eigenvalue weighted by atomic mass is 127. The summed E-state index contributed by atoms with van der Waals surface area (Å²) in [6, 6.07) is 11.5. The molecule has 6 nitrogen and oxygen atoms in total. The molecule has 0 radical (unpaired) electrons. The van der Waals surface area contributed by atoms with Gasteiger partial charge in [-0.25, -0.2) is 0 Å². The molecule has 0 aliphatic heterocycles. The summed E-state index contributed by atoms with van der Waals surface area (Å²) >= 11 is 9.71. The van der Waals surface area contributed by atoms with E-state index >= 15 is 0 Å². The van der Waals surface area contributed by atoms with Crippen molar-refractivity contribution in [2.24, 2.45) is 0 Å². The fourth-order valence-electron chi connectivity index (χ4n) is 3.40. The first-order valence-corrected chi connectivity index (χ1v) is 12.1. The van der Waals surface area contributed by atoms with Crippen molar-refractivity contribution in [1.29, 1.82) is 0 Å². The van der Waals surface area contributed by atoms with Crippen molar-refractivity contribution >= 4 is 68.5 Å². The van der Waals surface area contributed by atoms with Crippen molar-refractivity contribution in [3.8, 4) is 11.6 Å². The lowest BCUT2D eigenvalue weighted by Gasteiger charge is -2.12. The number of thioether (sulfide) groups is 1. The van der Waals surface area contributed by atoms with Crippen LogP contribution in [-0.2, 0) is 11.3 Å². The summed E-state index contributed by atoms with van der Waals surface area (Å²) in [4.78, 5) is 12.6. The van der Waals surface area contributed by atoms with Crippen LogP contribution in [0.15, 0.2) is 46.0 Å². The van der Waals surface area contributed by atoms with Crippen LogP contribution in [0, 0.1) is 17.4 Å². The highest BCUT2D eigenvalue weighted by Crippen LogP contribution is 2.31. The molecule has 0 saturated heterocycles. The predicted molar refractivity (Wildman–Crippen MR) is 134 cm³/mol. The van der Waals surface area contributed by atoms with Gasteiger partial charge in [0.15, 0.2) is 10.9 Å². The number of aryl methyl sites for hydroxylation is 2. The molecule has 0 spiro atoms. The van der Waals surface area contributed by atoms with Crippen LogP contribution >= 0.6 is 46.0 Å². The molecule has 0 fully saturated rings. The number of carbonyl (C=O) groups excluding carboxylic acids is 1. The summed E-state index contributed by atoms with van der Waals surface area (Å²) in [5, 5.41) is 13.8. The summed E-state index contributed by atoms with van der Waals surface area (Å²) in [6.45, 7) is 6.66. The lowest BCUT2D eigenvalue weighted by atomic mass is 10.1. The van der Waals surface area contributed by atoms with Gasteiger partial charge in [0.2, 0.25) is 11.7 Å². The second kappa shape index (κ2) is 9.22. The summed E-state index contributed by atoms with van der Waals surface area (Å²) in [5.74, 6) is 1.40. The number of furan rings is 1. The fraction of sp³-hybridized carbons (Fsp3) is 0.227. The van der Waals surface area contributed by atoms with Crippen LogP contribution in [0.4, 0.5) is 5.69 Å². The molecule has 1 amide bonds. The van der Waals surface area contributed by atoms with Gasteiger partial charge in [0.25, 0.3) is 0 Å². The lowest BCUT2D eigenvalue weighted by molar-refractivity contribution is -0.113. The molecule has 0 aliphatic rings. The topological polar surface area (TPSA) is 73.0 Å². The third kappa shape index (κ3) is 4.75. The summed E-state index contributed by atoms with van der Waals surface area (Å²) in [7, 11) is 0. The maximum atomic E-state index is 12.6. The SMILES string of the molecule is CCn1c(SCC(=O)Nc2c(C)cc(I)cc2C)nnc1-c1cc2cc(Cl)ccc2o1. The standard InChI is InChI=1S/C22H20ClIN4O2S/c1-4-28-21(18-10-14-9-15(23)5-6-17(14)30-18)26-27-22(28)31-11-19(29)25-20-12(2)7-16(24)8-13(20)3/h5-10H,4,11H2,1-3H3,(H,25,29). The normalized spacial score (nSPS) is 11.3. The number of benzene rings is 2. The van der Waals surface area contributed by atoms with E-state index in [-0.39, 0.29) is 11.7 Å². The zero-order valence-corrected chi connectivity index (χ0v) is 20.9. The van der Waals surface area contributed by atoms with Crippen LogP contribution < -0.4 is 5.32 Å². The number of aromatic nitrogens is 3. The maximum absolute atomic E-state index is 12.6. The molecule has 2 aromatic heterocycles. The Balaban J connectivity index is 1.51. The Morgan fingerprint density at radius 1 is 1.19 bits per heavy atom. The Labute approximate surface area is 202 Å². The van der Waals surface area contributed by atoms with E-state index in [1.165, 1.54) is 11.8 Å². The Morgan fingerprint density at radius 2 is 1.94 bits per heavy atom. The second-order valence-electron chi connectivity index (χ2n) is 7.09. The lowest BCUT2D eigenvalue weighted by Crippen LogP contribution is -2.16. The molecule has 160 valence electrons. The van der Waals surface area contributed by atoms with E-state index in [9.17, 15) is 4.79 Å². The maximum Gasteiger partial charge on any atom is 0.234 e. The van der Waals surface area contributed by atoms with Gasteiger partial charge in [-0.3, -0.25) is 9.36 Å². The Kier molecular flexibility index (Phi) is 6.59. The number of rotatable bonds is 6. The van der Waals surface area contributed by atoms with Gasteiger partial charge in [-0.1, -0.05) is 23.4 Å². The number of amides is 1. The van der Waals surface area contributed by atoms with E-state index in [0.29, 0.717) is 28.3 Å². The van der Waals surface area contributed by atoms with E-state index < -0.39 is 0 Å². The highest BCUT2D eigenvalue weighted by Gasteiger charge is 2.18. The molecule has 0 aliphatic carbocycles. The highest BCUT2D eigenvalue weighted by molar-refractivity contribution is 14.1. The van der Waals surface area contributed by atoms with Crippen molar-refractivity contribution in [1.82, 2.24) is 14.8 Å². The zero-order chi connectivity index (χ0) is 22.1. The average molecular weight is 567 g/mol. The monoisotopic (exact) mass is 566 g/mol. The zero-order valence-electron chi connectivity index (χ0n) is 17.2. The number of carbonyl (C=O) groups is 1. The minimum Gasteiger partial charge on any atom is -0.453 e. The smallest absolute Gasteiger partial charge is 0.234 e. The van der Waals surface area contributed by atoms with E-state index in [4.69, 9.17) is 16.0 Å². The fourth-order valence-corrected chi connectivity index (χ4v) is 5.32. The molecule has 0 bridgehead atoms. The quantitative estimate of drug-likeness (QED) is 0.219. The van der Waals surface area contributed by atoms with Gasteiger partial charge < -0.3 is 9.73 Å². The van der Waals surface area contributed by atoms with Crippen molar-refractivity contribution in [2.75, 3.05) is 11.1 Å². The van der Waals surface area contributed by atoms with Crippen LogP contribution in [0.25, 0.3) is 22.6 Å². The Hall–Kier alpha value is -2.04. The average Bonchev–Trinajstić information content (AvgIpc) is 3.31. The van der Waals surface area contributed by atoms with Gasteiger partial charge >= 0.3 is 0 Å². The van der Waals surface area contributed by atoms with Gasteiger partial charge in [-0.2, -0.15) is 0 Å². The van der Waals surface area contributed by atoms with E-state index in [1.807, 2.05) is 43.5 Å². The molecule has 0 saturated carbocycles. The molecule has 1 N–H and O–H groups in total. The van der Waals surface area contributed by atoms with Crippen LogP contribution in [0.1, 0.15) is 18.1 Å². The molecule has 4 rings (SSSR count). The number of fused-ring (bicyclic) bond motifs is 1. The van der Waals surface area contributed by atoms with Gasteiger partial charge in [0, 0.05) is 26.2 Å². The number of nitrogens with zero attached hydrogens (tertiary/aromatic N) is 3. The van der Waals surface area contributed by atoms with Crippen molar-refractivity contribution in [3.05, 3.63) is 56.1 Å². The molecule has 2 heterocycles. The van der Waals surface area contributed by atoms with E-state index in [2.05, 4.69) is 50.2 Å². The van der Waals surface area contributed by atoms with Crippen LogP contribution in [0.5, 0.6) is 0 Å². The molecule has 9 heteroatoms. The van der Waals surface area contributed by atoms with E-state index in [0.717, 1.165) is 31.4 Å². The summed E-state index contributed by atoms with van der Waals surface area (Å²) in [6.07, 6.45) is 0. The number of hydrogen-bond acceptors (Lipinski definition) is 5. The van der Waals surface area contributed by atoms with Gasteiger partial charge in [-0.05, 0) is 90.9 Å². The van der Waals surface area contributed by atoms with Crippen LogP contribution in [0.2, 0.25) is 5.02 Å². The second-order valence-corrected chi connectivity index (χ2v) is 9.72. The third-order valence-electron chi connectivity index (χ3n) is 4.83. The van der Waals surface area contributed by atoms with Crippen molar-refractivity contribution in [2.45, 2.75) is 32.5 Å². The van der Waals surface area contributed by atoms with Crippen LogP contribution in [0.3, 0.4) is 0 Å². The Bertz CT molecular complexity index is 1260. The molecule has 2 aromatic carbocycles. The minimum atomic E-state index is -0.0806. The molecule has 0 unspecified atom stereocenters. The van der Waals surface area contributed by atoms with Crippen molar-refractivity contribution < 1.29 is 9.21 Å². The van der Waals surface area contributed by atoms with E-state index in [1.54, 1.807) is 6.07 Å². The molecular formula is C22H20ClIN4O2S. The molecule has 31 heavy (non-hydrogen) atoms. The third-order valence-corrected chi connectivity index (χ3v) is 6.65. The number of hydrogen-bond donors (Lipinski definition) is 1. The molecule has 4 aromatic rings. The number of anilines is 1. The van der Waals surface area contributed by atoms with Crippen molar-refractivity contribution in [3.63, 3.8) is 0 Å². The summed E-state index contributed by atoms with van der Waals surface area (Å²) in [5.41, 5.74) is 3.70. The number of nitrogens with one attached hydrogen (secondary N) is 1. The minimum absolute atomic E-state index is 0.0806.